The van der Waals surface area contributed by atoms with E-state index in [1.54, 1.807) is 6.92 Å². The summed E-state index contributed by atoms with van der Waals surface area (Å²) in [5.41, 5.74) is -0.739. The molecule has 2 aromatic heterocycles. The van der Waals surface area contributed by atoms with Crippen molar-refractivity contribution in [3.63, 3.8) is 0 Å². The fourth-order valence-corrected chi connectivity index (χ4v) is 3.11. The molecule has 29 heavy (non-hydrogen) atoms. The molecular formula is C18H17N3O7S. The minimum absolute atomic E-state index is 0.0716. The summed E-state index contributed by atoms with van der Waals surface area (Å²) in [4.78, 5) is 24.1. The van der Waals surface area contributed by atoms with Gasteiger partial charge in [0.1, 0.15) is 5.56 Å². The van der Waals surface area contributed by atoms with Gasteiger partial charge < -0.3 is 18.6 Å². The Bertz CT molecular complexity index is 1020. The van der Waals surface area contributed by atoms with Crippen LogP contribution in [0.3, 0.4) is 0 Å². The van der Waals surface area contributed by atoms with Crippen LogP contribution in [0.5, 0.6) is 11.5 Å². The number of methoxy groups -OCH3 is 1. The number of hydrogen-bond acceptors (Lipinski definition) is 10. The summed E-state index contributed by atoms with van der Waals surface area (Å²) in [6.45, 7) is 3.53. The van der Waals surface area contributed by atoms with Crippen LogP contribution in [0.15, 0.2) is 34.1 Å². The Balaban J connectivity index is 1.85. The van der Waals surface area contributed by atoms with E-state index in [1.807, 2.05) is 17.5 Å². The minimum Gasteiger partial charge on any atom is -0.493 e. The largest absolute Gasteiger partial charge is 0.493 e. The van der Waals surface area contributed by atoms with Crippen molar-refractivity contribution < 1.29 is 28.3 Å². The lowest BCUT2D eigenvalue weighted by molar-refractivity contribution is -0.385. The maximum atomic E-state index is 12.6. The molecule has 0 aliphatic carbocycles. The molecule has 0 bridgehead atoms. The maximum Gasteiger partial charge on any atom is 0.346 e. The number of carbonyl (C=O) groups excluding carboxylic acids is 1. The first-order valence-corrected chi connectivity index (χ1v) is 9.40. The van der Waals surface area contributed by atoms with Gasteiger partial charge in [-0.3, -0.25) is 10.1 Å². The molecule has 0 amide bonds. The van der Waals surface area contributed by atoms with Crippen molar-refractivity contribution >= 4 is 23.0 Å². The standard InChI is InChI=1S/C18H17N3O7S/c1-4-26-14-9-12(21(23)24)11(8-13(14)25-3)18(22)27-10(2)16-19-20-17(28-16)15-6-5-7-29-15/h5-10H,4H2,1-3H3. The van der Waals surface area contributed by atoms with E-state index in [4.69, 9.17) is 18.6 Å². The van der Waals surface area contributed by atoms with E-state index in [-0.39, 0.29) is 29.6 Å². The fourth-order valence-electron chi connectivity index (χ4n) is 2.46. The van der Waals surface area contributed by atoms with Crippen molar-refractivity contribution in [1.82, 2.24) is 10.2 Å². The number of ether oxygens (including phenoxy) is 3. The zero-order valence-electron chi connectivity index (χ0n) is 15.8. The average Bonchev–Trinajstić information content (AvgIpc) is 3.39. The van der Waals surface area contributed by atoms with Gasteiger partial charge in [0.15, 0.2) is 17.6 Å². The van der Waals surface area contributed by atoms with Crippen molar-refractivity contribution in [1.29, 1.82) is 0 Å². The summed E-state index contributed by atoms with van der Waals surface area (Å²) in [5.74, 6) is -0.228. The number of esters is 1. The second kappa shape index (κ2) is 8.69. The predicted molar refractivity (Wildman–Crippen MR) is 102 cm³/mol. The number of nitrogens with zero attached hydrogens (tertiary/aromatic N) is 3. The lowest BCUT2D eigenvalue weighted by Gasteiger charge is -2.13. The molecule has 10 nitrogen and oxygen atoms in total. The average molecular weight is 419 g/mol. The van der Waals surface area contributed by atoms with Gasteiger partial charge >= 0.3 is 5.97 Å². The zero-order valence-corrected chi connectivity index (χ0v) is 16.6. The van der Waals surface area contributed by atoms with Gasteiger partial charge in [-0.05, 0) is 25.3 Å². The van der Waals surface area contributed by atoms with E-state index in [0.29, 0.717) is 5.89 Å². The molecule has 1 atom stereocenters. The van der Waals surface area contributed by atoms with Crippen LogP contribution in [0, 0.1) is 10.1 Å². The summed E-state index contributed by atoms with van der Waals surface area (Å²) in [6, 6.07) is 5.99. The first kappa shape index (κ1) is 20.3. The van der Waals surface area contributed by atoms with Crippen molar-refractivity contribution in [3.8, 4) is 22.3 Å². The maximum absolute atomic E-state index is 12.6. The van der Waals surface area contributed by atoms with Gasteiger partial charge in [0.25, 0.3) is 17.5 Å². The summed E-state index contributed by atoms with van der Waals surface area (Å²) in [6.07, 6.45) is -0.916. The number of carbonyl (C=O) groups is 1. The molecule has 2 heterocycles. The third kappa shape index (κ3) is 4.35. The molecule has 1 unspecified atom stereocenters. The third-order valence-electron chi connectivity index (χ3n) is 3.80. The first-order valence-electron chi connectivity index (χ1n) is 8.52. The zero-order chi connectivity index (χ0) is 21.0. The number of aromatic nitrogens is 2. The number of hydrogen-bond donors (Lipinski definition) is 0. The highest BCUT2D eigenvalue weighted by Gasteiger charge is 2.28. The highest BCUT2D eigenvalue weighted by Crippen LogP contribution is 2.36. The summed E-state index contributed by atoms with van der Waals surface area (Å²) in [5, 5.41) is 21.1. The Morgan fingerprint density at radius 3 is 2.76 bits per heavy atom. The Morgan fingerprint density at radius 1 is 1.34 bits per heavy atom. The number of thiophene rings is 1. The third-order valence-corrected chi connectivity index (χ3v) is 4.66. The van der Waals surface area contributed by atoms with Gasteiger partial charge in [-0.2, -0.15) is 0 Å². The van der Waals surface area contributed by atoms with Crippen molar-refractivity contribution in [2.24, 2.45) is 0 Å². The minimum atomic E-state index is -0.929. The monoisotopic (exact) mass is 419 g/mol. The molecule has 0 saturated carbocycles. The van der Waals surface area contributed by atoms with Gasteiger partial charge in [0.2, 0.25) is 0 Å². The normalized spacial score (nSPS) is 11.7. The molecule has 1 aromatic carbocycles. The van der Waals surface area contributed by atoms with Crippen LogP contribution >= 0.6 is 11.3 Å². The van der Waals surface area contributed by atoms with E-state index in [1.165, 1.54) is 31.4 Å². The Hall–Kier alpha value is -3.47. The molecule has 0 saturated heterocycles. The first-order chi connectivity index (χ1) is 13.9. The molecule has 0 N–H and O–H groups in total. The number of nitro groups is 1. The molecule has 0 aliphatic rings. The van der Waals surface area contributed by atoms with E-state index in [9.17, 15) is 14.9 Å². The lowest BCUT2D eigenvalue weighted by atomic mass is 10.1. The van der Waals surface area contributed by atoms with Gasteiger partial charge in [0, 0.05) is 6.07 Å². The van der Waals surface area contributed by atoms with E-state index >= 15 is 0 Å². The van der Waals surface area contributed by atoms with Gasteiger partial charge in [0.05, 0.1) is 29.6 Å². The summed E-state index contributed by atoms with van der Waals surface area (Å²) < 4.78 is 21.3. The molecule has 0 radical (unpaired) electrons. The Labute approximate surface area is 169 Å². The molecule has 11 heteroatoms. The van der Waals surface area contributed by atoms with Crippen LogP contribution in [0.2, 0.25) is 0 Å². The summed E-state index contributed by atoms with van der Waals surface area (Å²) in [7, 11) is 1.37. The second-order valence-corrected chi connectivity index (χ2v) is 6.63. The van der Waals surface area contributed by atoms with Gasteiger partial charge in [-0.15, -0.1) is 21.5 Å². The van der Waals surface area contributed by atoms with Crippen LogP contribution in [0.4, 0.5) is 5.69 Å². The number of rotatable bonds is 8. The molecule has 0 spiro atoms. The SMILES string of the molecule is CCOc1cc([N+](=O)[O-])c(C(=O)OC(C)c2nnc(-c3cccs3)o2)cc1OC. The van der Waals surface area contributed by atoms with Crippen LogP contribution in [0.25, 0.3) is 10.8 Å². The second-order valence-electron chi connectivity index (χ2n) is 5.68. The van der Waals surface area contributed by atoms with Crippen LogP contribution in [-0.2, 0) is 4.74 Å². The van der Waals surface area contributed by atoms with Crippen molar-refractivity contribution in [2.75, 3.05) is 13.7 Å². The molecule has 3 rings (SSSR count). The van der Waals surface area contributed by atoms with Crippen molar-refractivity contribution in [2.45, 2.75) is 20.0 Å². The highest BCUT2D eigenvalue weighted by molar-refractivity contribution is 7.13. The molecule has 152 valence electrons. The topological polar surface area (TPSA) is 127 Å². The smallest absolute Gasteiger partial charge is 0.346 e. The Kier molecular flexibility index (Phi) is 6.07. The number of nitro benzene ring substituents is 1. The fraction of sp³-hybridized carbons (Fsp3) is 0.278. The van der Waals surface area contributed by atoms with E-state index in [0.717, 1.165) is 10.9 Å². The molecule has 3 aromatic rings. The van der Waals surface area contributed by atoms with E-state index in [2.05, 4.69) is 10.2 Å². The molecule has 0 fully saturated rings. The van der Waals surface area contributed by atoms with Crippen LogP contribution < -0.4 is 9.47 Å². The van der Waals surface area contributed by atoms with Gasteiger partial charge in [-0.1, -0.05) is 6.07 Å². The predicted octanol–water partition coefficient (Wildman–Crippen LogP) is 4.03. The van der Waals surface area contributed by atoms with Crippen molar-refractivity contribution in [3.05, 3.63) is 51.2 Å². The quantitative estimate of drug-likeness (QED) is 0.302. The number of benzene rings is 1. The van der Waals surface area contributed by atoms with Gasteiger partial charge in [-0.25, -0.2) is 4.79 Å². The van der Waals surface area contributed by atoms with Crippen LogP contribution in [-0.4, -0.2) is 34.8 Å². The molecular weight excluding hydrogens is 402 g/mol. The van der Waals surface area contributed by atoms with Crippen LogP contribution in [0.1, 0.15) is 36.2 Å². The highest BCUT2D eigenvalue weighted by atomic mass is 32.1. The Morgan fingerprint density at radius 2 is 2.14 bits per heavy atom. The molecule has 0 aliphatic heterocycles. The van der Waals surface area contributed by atoms with E-state index < -0.39 is 22.7 Å². The summed E-state index contributed by atoms with van der Waals surface area (Å²) >= 11 is 1.42. The lowest BCUT2D eigenvalue weighted by Crippen LogP contribution is -2.12.